The van der Waals surface area contributed by atoms with Crippen LogP contribution in [0.15, 0.2) is 12.3 Å². The van der Waals surface area contributed by atoms with E-state index in [1.54, 1.807) is 6.20 Å². The molecule has 2 fully saturated rings. The van der Waals surface area contributed by atoms with E-state index in [2.05, 4.69) is 36.1 Å². The van der Waals surface area contributed by atoms with Gasteiger partial charge in [-0.3, -0.25) is 5.32 Å². The van der Waals surface area contributed by atoms with Gasteiger partial charge in [0, 0.05) is 18.7 Å². The molecular weight excluding hydrogens is 264 g/mol. The fraction of sp³-hybridized carbons (Fsp3) is 0.750. The van der Waals surface area contributed by atoms with E-state index in [0.717, 1.165) is 31.1 Å². The first-order valence-corrected chi connectivity index (χ1v) is 8.09. The lowest BCUT2D eigenvalue weighted by Gasteiger charge is -2.37. The number of hydrogen-bond acceptors (Lipinski definition) is 2. The van der Waals surface area contributed by atoms with Crippen LogP contribution in [0.4, 0.5) is 10.6 Å². The van der Waals surface area contributed by atoms with Crippen molar-refractivity contribution in [3.63, 3.8) is 0 Å². The van der Waals surface area contributed by atoms with Crippen LogP contribution in [0.3, 0.4) is 0 Å². The third kappa shape index (κ3) is 2.78. The average Bonchev–Trinajstić information content (AvgIpc) is 3.04. The van der Waals surface area contributed by atoms with Crippen molar-refractivity contribution in [1.29, 1.82) is 0 Å². The molecule has 1 N–H and O–H groups in total. The summed E-state index contributed by atoms with van der Waals surface area (Å²) in [6, 6.07) is 2.36. The van der Waals surface area contributed by atoms with Gasteiger partial charge in [0.2, 0.25) is 0 Å². The van der Waals surface area contributed by atoms with Crippen molar-refractivity contribution in [1.82, 2.24) is 14.7 Å². The smallest absolute Gasteiger partial charge is 0.321 e. The molecule has 2 unspecified atom stereocenters. The predicted molar refractivity (Wildman–Crippen MR) is 83.3 cm³/mol. The van der Waals surface area contributed by atoms with Gasteiger partial charge in [0.25, 0.3) is 0 Å². The Morgan fingerprint density at radius 3 is 2.81 bits per heavy atom. The molecule has 2 heterocycles. The standard InChI is InChI=1S/C16H26N4O/c1-16(2,3)20-14(9-10-17-20)18-15(21)19-11-5-7-12-6-4-8-13(12)19/h9-10,12-13H,4-8,11H2,1-3H3,(H,18,21). The minimum atomic E-state index is -0.135. The Labute approximate surface area is 126 Å². The second kappa shape index (κ2) is 5.35. The van der Waals surface area contributed by atoms with E-state index in [0.29, 0.717) is 6.04 Å². The molecule has 0 aromatic carbocycles. The van der Waals surface area contributed by atoms with E-state index in [-0.39, 0.29) is 11.6 Å². The zero-order valence-electron chi connectivity index (χ0n) is 13.3. The van der Waals surface area contributed by atoms with E-state index in [4.69, 9.17) is 0 Å². The SMILES string of the molecule is CC(C)(C)n1nccc1NC(=O)N1CCCC2CCCC21. The van der Waals surface area contributed by atoms with E-state index >= 15 is 0 Å². The fourth-order valence-electron chi connectivity index (χ4n) is 3.82. The molecule has 1 saturated carbocycles. The average molecular weight is 290 g/mol. The minimum Gasteiger partial charge on any atom is -0.321 e. The number of piperidine rings is 1. The molecule has 1 aliphatic heterocycles. The lowest BCUT2D eigenvalue weighted by Crippen LogP contribution is -2.48. The number of fused-ring (bicyclic) bond motifs is 1. The Morgan fingerprint density at radius 1 is 1.29 bits per heavy atom. The highest BCUT2D eigenvalue weighted by Gasteiger charge is 2.37. The van der Waals surface area contributed by atoms with Gasteiger partial charge < -0.3 is 4.90 Å². The van der Waals surface area contributed by atoms with Gasteiger partial charge in [-0.05, 0) is 52.4 Å². The highest BCUT2D eigenvalue weighted by Crippen LogP contribution is 2.37. The molecular formula is C16H26N4O. The summed E-state index contributed by atoms with van der Waals surface area (Å²) < 4.78 is 1.88. The number of carbonyl (C=O) groups is 1. The van der Waals surface area contributed by atoms with Crippen molar-refractivity contribution >= 4 is 11.8 Å². The molecule has 2 aliphatic rings. The van der Waals surface area contributed by atoms with Crippen molar-refractivity contribution in [2.75, 3.05) is 11.9 Å². The fourth-order valence-corrected chi connectivity index (χ4v) is 3.82. The third-order valence-corrected chi connectivity index (χ3v) is 4.77. The largest absolute Gasteiger partial charge is 0.323 e. The number of rotatable bonds is 1. The first-order valence-electron chi connectivity index (χ1n) is 8.09. The Morgan fingerprint density at radius 2 is 2.05 bits per heavy atom. The summed E-state index contributed by atoms with van der Waals surface area (Å²) in [5.41, 5.74) is -0.135. The predicted octanol–water partition coefficient (Wildman–Crippen LogP) is 3.43. The highest BCUT2D eigenvalue weighted by atomic mass is 16.2. The zero-order chi connectivity index (χ0) is 15.0. The van der Waals surface area contributed by atoms with Gasteiger partial charge in [-0.25, -0.2) is 9.48 Å². The van der Waals surface area contributed by atoms with Crippen molar-refractivity contribution in [3.8, 4) is 0 Å². The summed E-state index contributed by atoms with van der Waals surface area (Å²) in [4.78, 5) is 14.7. The highest BCUT2D eigenvalue weighted by molar-refractivity contribution is 5.88. The maximum Gasteiger partial charge on any atom is 0.323 e. The van der Waals surface area contributed by atoms with Crippen LogP contribution in [0, 0.1) is 5.92 Å². The number of nitrogens with zero attached hydrogens (tertiary/aromatic N) is 3. The van der Waals surface area contributed by atoms with Gasteiger partial charge in [0.15, 0.2) is 0 Å². The number of nitrogens with one attached hydrogen (secondary N) is 1. The maximum atomic E-state index is 12.7. The van der Waals surface area contributed by atoms with Crippen LogP contribution in [0.5, 0.6) is 0 Å². The van der Waals surface area contributed by atoms with E-state index in [1.807, 2.05) is 10.7 Å². The lowest BCUT2D eigenvalue weighted by molar-refractivity contribution is 0.138. The number of hydrogen-bond donors (Lipinski definition) is 1. The van der Waals surface area contributed by atoms with Crippen LogP contribution in [0.1, 0.15) is 52.9 Å². The summed E-state index contributed by atoms with van der Waals surface area (Å²) in [5.74, 6) is 1.50. The van der Waals surface area contributed by atoms with Crippen LogP contribution >= 0.6 is 0 Å². The third-order valence-electron chi connectivity index (χ3n) is 4.77. The van der Waals surface area contributed by atoms with Crippen molar-refractivity contribution < 1.29 is 4.79 Å². The molecule has 3 rings (SSSR count). The molecule has 0 spiro atoms. The van der Waals surface area contributed by atoms with Gasteiger partial charge >= 0.3 is 6.03 Å². The lowest BCUT2D eigenvalue weighted by atomic mass is 9.92. The summed E-state index contributed by atoms with van der Waals surface area (Å²) in [6.45, 7) is 7.15. The molecule has 0 bridgehead atoms. The van der Waals surface area contributed by atoms with E-state index < -0.39 is 0 Å². The Balaban J connectivity index is 1.73. The number of likely N-dealkylation sites (tertiary alicyclic amines) is 1. The molecule has 2 amide bonds. The van der Waals surface area contributed by atoms with Crippen molar-refractivity contribution in [2.45, 2.75) is 64.5 Å². The van der Waals surface area contributed by atoms with Crippen molar-refractivity contribution in [2.24, 2.45) is 5.92 Å². The van der Waals surface area contributed by atoms with Gasteiger partial charge in [-0.15, -0.1) is 0 Å². The second-order valence-corrected chi connectivity index (χ2v) is 7.32. The molecule has 5 heteroatoms. The molecule has 0 radical (unpaired) electrons. The van der Waals surface area contributed by atoms with Gasteiger partial charge in [0.05, 0.1) is 11.7 Å². The molecule has 1 saturated heterocycles. The maximum absolute atomic E-state index is 12.7. The van der Waals surface area contributed by atoms with Crippen LogP contribution in [-0.2, 0) is 5.54 Å². The normalized spacial score (nSPS) is 25.8. The Bertz CT molecular complexity index is 517. The van der Waals surface area contributed by atoms with Gasteiger partial charge in [-0.1, -0.05) is 6.42 Å². The number of carbonyl (C=O) groups excluding carboxylic acids is 1. The molecule has 5 nitrogen and oxygen atoms in total. The summed E-state index contributed by atoms with van der Waals surface area (Å²) in [7, 11) is 0. The van der Waals surface area contributed by atoms with Crippen LogP contribution < -0.4 is 5.32 Å². The Kier molecular flexibility index (Phi) is 3.68. The van der Waals surface area contributed by atoms with Crippen LogP contribution in [0.2, 0.25) is 0 Å². The summed E-state index contributed by atoms with van der Waals surface area (Å²) in [5, 5.41) is 7.40. The monoisotopic (exact) mass is 290 g/mol. The topological polar surface area (TPSA) is 50.2 Å². The zero-order valence-corrected chi connectivity index (χ0v) is 13.3. The van der Waals surface area contributed by atoms with E-state index in [9.17, 15) is 4.79 Å². The molecule has 1 aromatic rings. The molecule has 1 aromatic heterocycles. The molecule has 1 aliphatic carbocycles. The number of amides is 2. The molecule has 116 valence electrons. The van der Waals surface area contributed by atoms with Gasteiger partial charge in [-0.2, -0.15) is 5.10 Å². The first-order chi connectivity index (χ1) is 9.97. The van der Waals surface area contributed by atoms with E-state index in [1.165, 1.54) is 19.3 Å². The molecule has 2 atom stereocenters. The number of urea groups is 1. The number of anilines is 1. The minimum absolute atomic E-state index is 0.0394. The van der Waals surface area contributed by atoms with Crippen molar-refractivity contribution in [3.05, 3.63) is 12.3 Å². The van der Waals surface area contributed by atoms with Crippen LogP contribution in [-0.4, -0.2) is 33.3 Å². The van der Waals surface area contributed by atoms with Gasteiger partial charge in [0.1, 0.15) is 5.82 Å². The summed E-state index contributed by atoms with van der Waals surface area (Å²) in [6.07, 6.45) is 7.88. The summed E-state index contributed by atoms with van der Waals surface area (Å²) >= 11 is 0. The number of aromatic nitrogens is 2. The Hall–Kier alpha value is -1.52. The molecule has 21 heavy (non-hydrogen) atoms. The van der Waals surface area contributed by atoms with Crippen LogP contribution in [0.25, 0.3) is 0 Å². The first kappa shape index (κ1) is 14.4. The quantitative estimate of drug-likeness (QED) is 0.861. The second-order valence-electron chi connectivity index (χ2n) is 7.32.